The standard InChI is InChI=1S/C11H14O3/c1-6-4-11-5-8(7(6)2)13-9(11)3-10(12)14-11/h3,6-8H,4-5H2,1-2H3/t6-,7?,8?,11+/m1/s1. The van der Waals surface area contributed by atoms with Crippen LogP contribution in [0.4, 0.5) is 0 Å². The van der Waals surface area contributed by atoms with E-state index in [0.717, 1.165) is 18.6 Å². The molecule has 0 amide bonds. The van der Waals surface area contributed by atoms with E-state index in [0.29, 0.717) is 11.8 Å². The average Bonchev–Trinajstić information content (AvgIpc) is 2.51. The van der Waals surface area contributed by atoms with E-state index < -0.39 is 0 Å². The summed E-state index contributed by atoms with van der Waals surface area (Å²) in [5, 5.41) is 0. The van der Waals surface area contributed by atoms with E-state index in [4.69, 9.17) is 9.47 Å². The summed E-state index contributed by atoms with van der Waals surface area (Å²) in [5.74, 6) is 1.67. The molecular weight excluding hydrogens is 180 g/mol. The molecule has 2 unspecified atom stereocenters. The molecule has 1 aliphatic carbocycles. The third kappa shape index (κ3) is 0.851. The molecule has 2 aliphatic heterocycles. The van der Waals surface area contributed by atoms with Crippen LogP contribution in [0.25, 0.3) is 0 Å². The highest BCUT2D eigenvalue weighted by atomic mass is 16.6. The highest BCUT2D eigenvalue weighted by molar-refractivity contribution is 5.86. The zero-order valence-corrected chi connectivity index (χ0v) is 8.45. The summed E-state index contributed by atoms with van der Waals surface area (Å²) in [4.78, 5) is 11.2. The van der Waals surface area contributed by atoms with Crippen molar-refractivity contribution in [2.24, 2.45) is 11.8 Å². The van der Waals surface area contributed by atoms with Crippen molar-refractivity contribution < 1.29 is 14.3 Å². The minimum Gasteiger partial charge on any atom is -0.490 e. The maximum absolute atomic E-state index is 11.2. The number of hydrogen-bond donors (Lipinski definition) is 0. The third-order valence-corrected chi connectivity index (χ3v) is 3.94. The molecule has 3 rings (SSSR count). The lowest BCUT2D eigenvalue weighted by Gasteiger charge is -2.34. The summed E-state index contributed by atoms with van der Waals surface area (Å²) < 4.78 is 11.2. The molecule has 2 heterocycles. The first kappa shape index (κ1) is 8.33. The number of hydrogen-bond acceptors (Lipinski definition) is 3. The van der Waals surface area contributed by atoms with E-state index in [1.165, 1.54) is 6.08 Å². The lowest BCUT2D eigenvalue weighted by molar-refractivity contribution is -0.149. The second-order valence-electron chi connectivity index (χ2n) is 4.82. The van der Waals surface area contributed by atoms with Crippen LogP contribution in [-0.2, 0) is 14.3 Å². The molecule has 1 spiro atoms. The van der Waals surface area contributed by atoms with E-state index >= 15 is 0 Å². The van der Waals surface area contributed by atoms with Gasteiger partial charge in [-0.05, 0) is 18.3 Å². The Kier molecular flexibility index (Phi) is 1.38. The number of esters is 1. The Morgan fingerprint density at radius 3 is 3.00 bits per heavy atom. The number of ether oxygens (including phenoxy) is 2. The molecule has 0 aromatic heterocycles. The molecule has 0 aromatic carbocycles. The van der Waals surface area contributed by atoms with Gasteiger partial charge in [-0.15, -0.1) is 0 Å². The van der Waals surface area contributed by atoms with Crippen LogP contribution in [0.3, 0.4) is 0 Å². The van der Waals surface area contributed by atoms with Gasteiger partial charge in [0, 0.05) is 6.42 Å². The molecule has 1 saturated carbocycles. The highest BCUT2D eigenvalue weighted by Gasteiger charge is 2.58. The van der Waals surface area contributed by atoms with Crippen molar-refractivity contribution in [3.63, 3.8) is 0 Å². The van der Waals surface area contributed by atoms with Crippen LogP contribution >= 0.6 is 0 Å². The Morgan fingerprint density at radius 1 is 1.43 bits per heavy atom. The van der Waals surface area contributed by atoms with Crippen molar-refractivity contribution in [1.82, 2.24) is 0 Å². The molecule has 76 valence electrons. The van der Waals surface area contributed by atoms with Gasteiger partial charge in [-0.2, -0.15) is 0 Å². The maximum Gasteiger partial charge on any atom is 0.335 e. The summed E-state index contributed by atoms with van der Waals surface area (Å²) in [6.45, 7) is 4.42. The number of fused-ring (bicyclic) bond motifs is 1. The first-order chi connectivity index (χ1) is 6.61. The third-order valence-electron chi connectivity index (χ3n) is 3.94. The van der Waals surface area contributed by atoms with Crippen LogP contribution in [-0.4, -0.2) is 17.7 Å². The van der Waals surface area contributed by atoms with Gasteiger partial charge in [0.25, 0.3) is 0 Å². The Balaban J connectivity index is 2.01. The summed E-state index contributed by atoms with van der Waals surface area (Å²) in [6.07, 6.45) is 3.54. The molecule has 2 bridgehead atoms. The van der Waals surface area contributed by atoms with E-state index in [1.807, 2.05) is 0 Å². The van der Waals surface area contributed by atoms with E-state index in [1.54, 1.807) is 0 Å². The van der Waals surface area contributed by atoms with Crippen molar-refractivity contribution >= 4 is 5.97 Å². The SMILES string of the molecule is CC1C2C[C@]3(C[C@H]1C)OC(=O)C=C3O2. The average molecular weight is 194 g/mol. The predicted molar refractivity (Wildman–Crippen MR) is 49.3 cm³/mol. The Bertz CT molecular complexity index is 333. The first-order valence-corrected chi connectivity index (χ1v) is 5.22. The highest BCUT2D eigenvalue weighted by Crippen LogP contribution is 2.52. The normalized spacial score (nSPS) is 49.4. The molecular formula is C11H14O3. The molecule has 1 saturated heterocycles. The minimum absolute atomic E-state index is 0.236. The van der Waals surface area contributed by atoms with Gasteiger partial charge in [0.2, 0.25) is 0 Å². The van der Waals surface area contributed by atoms with Gasteiger partial charge in [0.1, 0.15) is 11.9 Å². The molecule has 14 heavy (non-hydrogen) atoms. The zero-order chi connectivity index (χ0) is 9.92. The van der Waals surface area contributed by atoms with Crippen LogP contribution < -0.4 is 0 Å². The second kappa shape index (κ2) is 2.33. The largest absolute Gasteiger partial charge is 0.490 e. The number of carbonyl (C=O) groups excluding carboxylic acids is 1. The quantitative estimate of drug-likeness (QED) is 0.550. The maximum atomic E-state index is 11.2. The van der Waals surface area contributed by atoms with E-state index in [9.17, 15) is 4.79 Å². The molecule has 0 radical (unpaired) electrons. The van der Waals surface area contributed by atoms with Crippen LogP contribution in [0.2, 0.25) is 0 Å². The van der Waals surface area contributed by atoms with Crippen LogP contribution in [0.5, 0.6) is 0 Å². The summed E-state index contributed by atoms with van der Waals surface area (Å²) in [6, 6.07) is 0. The van der Waals surface area contributed by atoms with E-state index in [-0.39, 0.29) is 17.7 Å². The van der Waals surface area contributed by atoms with Gasteiger partial charge in [-0.1, -0.05) is 13.8 Å². The molecule has 3 aliphatic rings. The fourth-order valence-electron chi connectivity index (χ4n) is 2.92. The molecule has 0 aromatic rings. The van der Waals surface area contributed by atoms with Crippen molar-refractivity contribution in [2.75, 3.05) is 0 Å². The van der Waals surface area contributed by atoms with Gasteiger partial charge in [0.05, 0.1) is 6.08 Å². The van der Waals surface area contributed by atoms with Gasteiger partial charge in [-0.3, -0.25) is 0 Å². The molecule has 4 atom stereocenters. The van der Waals surface area contributed by atoms with E-state index in [2.05, 4.69) is 13.8 Å². The lowest BCUT2D eigenvalue weighted by Crippen LogP contribution is -2.40. The van der Waals surface area contributed by atoms with Gasteiger partial charge < -0.3 is 9.47 Å². The molecule has 3 heteroatoms. The lowest BCUT2D eigenvalue weighted by atomic mass is 9.73. The Labute approximate surface area is 83.1 Å². The van der Waals surface area contributed by atoms with Crippen molar-refractivity contribution in [3.8, 4) is 0 Å². The smallest absolute Gasteiger partial charge is 0.335 e. The topological polar surface area (TPSA) is 35.5 Å². The van der Waals surface area contributed by atoms with Gasteiger partial charge in [0.15, 0.2) is 5.60 Å². The van der Waals surface area contributed by atoms with Gasteiger partial charge in [-0.25, -0.2) is 4.79 Å². The fourth-order valence-corrected chi connectivity index (χ4v) is 2.92. The number of carbonyl (C=O) groups is 1. The minimum atomic E-state index is -0.381. The molecule has 2 fully saturated rings. The van der Waals surface area contributed by atoms with Crippen molar-refractivity contribution in [3.05, 3.63) is 11.8 Å². The molecule has 3 nitrogen and oxygen atoms in total. The monoisotopic (exact) mass is 194 g/mol. The van der Waals surface area contributed by atoms with Crippen LogP contribution in [0.1, 0.15) is 26.7 Å². The van der Waals surface area contributed by atoms with Crippen molar-refractivity contribution in [1.29, 1.82) is 0 Å². The second-order valence-corrected chi connectivity index (χ2v) is 4.82. The van der Waals surface area contributed by atoms with Crippen LogP contribution in [0.15, 0.2) is 11.8 Å². The van der Waals surface area contributed by atoms with Gasteiger partial charge >= 0.3 is 5.97 Å². The zero-order valence-electron chi connectivity index (χ0n) is 8.45. The molecule has 0 N–H and O–H groups in total. The van der Waals surface area contributed by atoms with Crippen molar-refractivity contribution in [2.45, 2.75) is 38.4 Å². The summed E-state index contributed by atoms with van der Waals surface area (Å²) >= 11 is 0. The summed E-state index contributed by atoms with van der Waals surface area (Å²) in [7, 11) is 0. The first-order valence-electron chi connectivity index (χ1n) is 5.22. The fraction of sp³-hybridized carbons (Fsp3) is 0.727. The number of rotatable bonds is 0. The predicted octanol–water partition coefficient (Wildman–Crippen LogP) is 1.63. The Morgan fingerprint density at radius 2 is 2.21 bits per heavy atom. The summed E-state index contributed by atoms with van der Waals surface area (Å²) in [5.41, 5.74) is -0.381. The van der Waals surface area contributed by atoms with Crippen LogP contribution in [0, 0.1) is 11.8 Å². The Hall–Kier alpha value is -0.990.